The highest BCUT2D eigenvalue weighted by molar-refractivity contribution is 6.30. The minimum atomic E-state index is -0.285. The molecule has 1 aliphatic heterocycles. The molecule has 92 valence electrons. The first-order chi connectivity index (χ1) is 8.18. The van der Waals surface area contributed by atoms with Crippen LogP contribution in [0.25, 0.3) is 0 Å². The average molecular weight is 253 g/mol. The van der Waals surface area contributed by atoms with Gasteiger partial charge in [0.2, 0.25) is 5.91 Å². The van der Waals surface area contributed by atoms with Crippen LogP contribution in [0.5, 0.6) is 0 Å². The Labute approximate surface area is 106 Å². The van der Waals surface area contributed by atoms with Crippen molar-refractivity contribution in [1.29, 1.82) is 0 Å². The topological polar surface area (TPSA) is 55.1 Å². The summed E-state index contributed by atoms with van der Waals surface area (Å²) in [6.45, 7) is 0.953. The Balaban J connectivity index is 2.25. The van der Waals surface area contributed by atoms with E-state index in [4.69, 9.17) is 17.3 Å². The molecule has 2 atom stereocenters. The van der Waals surface area contributed by atoms with Crippen LogP contribution in [0.1, 0.15) is 30.7 Å². The molecule has 1 amide bonds. The largest absolute Gasteiger partial charge is 0.369 e. The van der Waals surface area contributed by atoms with Gasteiger partial charge in [-0.05, 0) is 37.1 Å². The molecule has 1 heterocycles. The minimum Gasteiger partial charge on any atom is -0.369 e. The minimum absolute atomic E-state index is 0.139. The van der Waals surface area contributed by atoms with Gasteiger partial charge in [0.15, 0.2) is 0 Å². The molecule has 1 aromatic carbocycles. The van der Waals surface area contributed by atoms with Gasteiger partial charge in [-0.3, -0.25) is 4.79 Å². The maximum Gasteiger partial charge on any atom is 0.226 e. The molecule has 1 aliphatic rings. The molecule has 0 unspecified atom stereocenters. The van der Waals surface area contributed by atoms with E-state index in [-0.39, 0.29) is 17.9 Å². The molecule has 1 fully saturated rings. The molecule has 17 heavy (non-hydrogen) atoms. The molecular weight excluding hydrogens is 236 g/mol. The lowest BCUT2D eigenvalue weighted by atomic mass is 9.86. The Hall–Kier alpha value is -1.06. The van der Waals surface area contributed by atoms with Gasteiger partial charge < -0.3 is 11.1 Å². The van der Waals surface area contributed by atoms with Gasteiger partial charge in [-0.15, -0.1) is 0 Å². The predicted octanol–water partition coefficient (Wildman–Crippen LogP) is 2.05. The summed E-state index contributed by atoms with van der Waals surface area (Å²) < 4.78 is 0. The Morgan fingerprint density at radius 3 is 2.88 bits per heavy atom. The molecule has 0 spiro atoms. The summed E-state index contributed by atoms with van der Waals surface area (Å²) in [5.41, 5.74) is 6.43. The van der Waals surface area contributed by atoms with Crippen molar-refractivity contribution in [3.63, 3.8) is 0 Å². The number of benzene rings is 1. The average Bonchev–Trinajstić information content (AvgIpc) is 2.30. The fraction of sp³-hybridized carbons (Fsp3) is 0.462. The Morgan fingerprint density at radius 2 is 2.29 bits per heavy atom. The standard InChI is InChI=1S/C13H17ClN2O/c14-10-5-3-4-9(8-10)12(13(15)17)11-6-1-2-7-16-11/h3-5,8,11-12,16H,1-2,6-7H2,(H2,15,17)/t11-,12+/m1/s1. The summed E-state index contributed by atoms with van der Waals surface area (Å²) in [4.78, 5) is 11.6. The number of primary amides is 1. The summed E-state index contributed by atoms with van der Waals surface area (Å²) in [5, 5.41) is 4.02. The number of rotatable bonds is 3. The number of hydrogen-bond donors (Lipinski definition) is 2. The normalized spacial score (nSPS) is 22.1. The van der Waals surface area contributed by atoms with Crippen LogP contribution >= 0.6 is 11.6 Å². The third-order valence-corrected chi connectivity index (χ3v) is 3.50. The fourth-order valence-electron chi connectivity index (χ4n) is 2.46. The van der Waals surface area contributed by atoms with Crippen LogP contribution in [0.3, 0.4) is 0 Å². The van der Waals surface area contributed by atoms with E-state index in [0.29, 0.717) is 5.02 Å². The third kappa shape index (κ3) is 2.99. The molecule has 0 radical (unpaired) electrons. The summed E-state index contributed by atoms with van der Waals surface area (Å²) in [5.74, 6) is -0.569. The molecule has 3 N–H and O–H groups in total. The lowest BCUT2D eigenvalue weighted by Crippen LogP contribution is -2.43. The lowest BCUT2D eigenvalue weighted by Gasteiger charge is -2.29. The van der Waals surface area contributed by atoms with Crippen molar-refractivity contribution in [2.45, 2.75) is 31.2 Å². The van der Waals surface area contributed by atoms with Crippen molar-refractivity contribution < 1.29 is 4.79 Å². The highest BCUT2D eigenvalue weighted by Crippen LogP contribution is 2.26. The number of amides is 1. The monoisotopic (exact) mass is 252 g/mol. The molecular formula is C13H17ClN2O. The summed E-state index contributed by atoms with van der Waals surface area (Å²) in [6.07, 6.45) is 3.29. The van der Waals surface area contributed by atoms with Crippen LogP contribution < -0.4 is 11.1 Å². The van der Waals surface area contributed by atoms with Crippen molar-refractivity contribution in [2.75, 3.05) is 6.54 Å². The van der Waals surface area contributed by atoms with Crippen molar-refractivity contribution in [2.24, 2.45) is 5.73 Å². The number of carbonyl (C=O) groups excluding carboxylic acids is 1. The summed E-state index contributed by atoms with van der Waals surface area (Å²) in [7, 11) is 0. The Kier molecular flexibility index (Phi) is 4.02. The highest BCUT2D eigenvalue weighted by Gasteiger charge is 2.29. The van der Waals surface area contributed by atoms with Gasteiger partial charge in [0.05, 0.1) is 5.92 Å². The molecule has 4 heteroatoms. The second-order valence-corrected chi connectivity index (χ2v) is 4.93. The second kappa shape index (κ2) is 5.52. The van der Waals surface area contributed by atoms with E-state index < -0.39 is 0 Å². The van der Waals surface area contributed by atoms with E-state index >= 15 is 0 Å². The van der Waals surface area contributed by atoms with Crippen molar-refractivity contribution in [1.82, 2.24) is 5.32 Å². The first kappa shape index (κ1) is 12.4. The highest BCUT2D eigenvalue weighted by atomic mass is 35.5. The van der Waals surface area contributed by atoms with E-state index in [2.05, 4.69) is 5.32 Å². The van der Waals surface area contributed by atoms with E-state index in [9.17, 15) is 4.79 Å². The van der Waals surface area contributed by atoms with Crippen LogP contribution in [0.2, 0.25) is 5.02 Å². The molecule has 0 aromatic heterocycles. The smallest absolute Gasteiger partial charge is 0.226 e. The van der Waals surface area contributed by atoms with Crippen LogP contribution in [0, 0.1) is 0 Å². The van der Waals surface area contributed by atoms with Gasteiger partial charge in [0.25, 0.3) is 0 Å². The molecule has 0 aliphatic carbocycles. The maximum absolute atomic E-state index is 11.6. The van der Waals surface area contributed by atoms with Crippen molar-refractivity contribution >= 4 is 17.5 Å². The zero-order chi connectivity index (χ0) is 12.3. The first-order valence-electron chi connectivity index (χ1n) is 5.96. The van der Waals surface area contributed by atoms with Crippen LogP contribution in [-0.4, -0.2) is 18.5 Å². The summed E-state index contributed by atoms with van der Waals surface area (Å²) >= 11 is 5.96. The van der Waals surface area contributed by atoms with Gasteiger partial charge in [-0.2, -0.15) is 0 Å². The van der Waals surface area contributed by atoms with E-state index in [0.717, 1.165) is 31.4 Å². The second-order valence-electron chi connectivity index (χ2n) is 4.49. The maximum atomic E-state index is 11.6. The van der Waals surface area contributed by atoms with E-state index in [1.54, 1.807) is 6.07 Å². The quantitative estimate of drug-likeness (QED) is 0.865. The van der Waals surface area contributed by atoms with Gasteiger partial charge in [0, 0.05) is 11.1 Å². The zero-order valence-corrected chi connectivity index (χ0v) is 10.4. The Morgan fingerprint density at radius 1 is 1.47 bits per heavy atom. The van der Waals surface area contributed by atoms with E-state index in [1.807, 2.05) is 18.2 Å². The molecule has 1 aromatic rings. The molecule has 2 rings (SSSR count). The molecule has 1 saturated heterocycles. The summed E-state index contributed by atoms with van der Waals surface area (Å²) in [6, 6.07) is 7.54. The van der Waals surface area contributed by atoms with Gasteiger partial charge in [-0.1, -0.05) is 30.2 Å². The lowest BCUT2D eigenvalue weighted by molar-refractivity contribution is -0.120. The van der Waals surface area contributed by atoms with Gasteiger partial charge in [0.1, 0.15) is 0 Å². The van der Waals surface area contributed by atoms with Crippen LogP contribution in [0.15, 0.2) is 24.3 Å². The van der Waals surface area contributed by atoms with Gasteiger partial charge >= 0.3 is 0 Å². The number of carbonyl (C=O) groups is 1. The molecule has 0 saturated carbocycles. The first-order valence-corrected chi connectivity index (χ1v) is 6.34. The SMILES string of the molecule is NC(=O)[C@@H](c1cccc(Cl)c1)[C@H]1CCCCN1. The number of nitrogens with two attached hydrogens (primary N) is 1. The van der Waals surface area contributed by atoms with E-state index in [1.165, 1.54) is 0 Å². The van der Waals surface area contributed by atoms with Gasteiger partial charge in [-0.25, -0.2) is 0 Å². The number of piperidine rings is 1. The predicted molar refractivity (Wildman–Crippen MR) is 69.0 cm³/mol. The molecule has 3 nitrogen and oxygen atoms in total. The fourth-order valence-corrected chi connectivity index (χ4v) is 2.66. The zero-order valence-electron chi connectivity index (χ0n) is 9.66. The van der Waals surface area contributed by atoms with Crippen molar-refractivity contribution in [3.05, 3.63) is 34.9 Å². The van der Waals surface area contributed by atoms with Crippen molar-refractivity contribution in [3.8, 4) is 0 Å². The number of nitrogens with one attached hydrogen (secondary N) is 1. The molecule has 0 bridgehead atoms. The third-order valence-electron chi connectivity index (χ3n) is 3.27. The number of halogens is 1. The van der Waals surface area contributed by atoms with Crippen LogP contribution in [-0.2, 0) is 4.79 Å². The van der Waals surface area contributed by atoms with Crippen LogP contribution in [0.4, 0.5) is 0 Å². The number of hydrogen-bond acceptors (Lipinski definition) is 2. The Bertz CT molecular complexity index is 402.